The number of aliphatic hydroxyl groups is 2. The van der Waals surface area contributed by atoms with Gasteiger partial charge in [-0.25, -0.2) is 4.79 Å². The predicted molar refractivity (Wildman–Crippen MR) is 41.9 cm³/mol. The van der Waals surface area contributed by atoms with Gasteiger partial charge in [0, 0.05) is 12.3 Å². The summed E-state index contributed by atoms with van der Waals surface area (Å²) in [4.78, 5) is 24.7. The molecule has 0 fully saturated rings. The van der Waals surface area contributed by atoms with Crippen LogP contribution in [-0.2, 0) is 0 Å². The van der Waals surface area contributed by atoms with Crippen molar-refractivity contribution < 1.29 is 10.2 Å². The van der Waals surface area contributed by atoms with E-state index in [2.05, 4.69) is 4.98 Å². The minimum absolute atomic E-state index is 0.125. The fourth-order valence-electron chi connectivity index (χ4n) is 0.383. The second-order valence-electron chi connectivity index (χ2n) is 1.74. The summed E-state index contributed by atoms with van der Waals surface area (Å²) in [7, 11) is 0. The molecule has 1 heterocycles. The lowest BCUT2D eigenvalue weighted by Gasteiger charge is -1.75. The first-order valence-electron chi connectivity index (χ1n) is 3.20. The highest BCUT2D eigenvalue weighted by atomic mass is 16.3. The number of hydrogen-bond donors (Lipinski definition) is 4. The Labute approximate surface area is 67.5 Å². The Balaban J connectivity index is 0.000000261. The quantitative estimate of drug-likeness (QED) is 0.396. The Kier molecular flexibility index (Phi) is 5.58. The lowest BCUT2D eigenvalue weighted by Crippen LogP contribution is -2.19. The first-order chi connectivity index (χ1) is 5.70. The molecule has 0 aliphatic rings. The Morgan fingerprint density at radius 1 is 1.25 bits per heavy atom. The fraction of sp³-hybridized carbons (Fsp3) is 0.333. The van der Waals surface area contributed by atoms with Crippen molar-refractivity contribution in [1.29, 1.82) is 0 Å². The molecular weight excluding hydrogens is 164 g/mol. The summed E-state index contributed by atoms with van der Waals surface area (Å²) in [6.45, 7) is -0.250. The normalized spacial score (nSPS) is 8.50. The third-order valence-corrected chi connectivity index (χ3v) is 0.786. The molecule has 6 heteroatoms. The minimum atomic E-state index is -0.475. The molecule has 6 nitrogen and oxygen atoms in total. The zero-order chi connectivity index (χ0) is 9.40. The molecule has 0 spiro atoms. The first kappa shape index (κ1) is 10.6. The number of rotatable bonds is 1. The van der Waals surface area contributed by atoms with Crippen molar-refractivity contribution in [3.05, 3.63) is 33.1 Å². The molecule has 0 amide bonds. The lowest BCUT2D eigenvalue weighted by molar-refractivity contribution is 0.186. The van der Waals surface area contributed by atoms with E-state index in [1.165, 1.54) is 12.3 Å². The van der Waals surface area contributed by atoms with Gasteiger partial charge in [-0.2, -0.15) is 0 Å². The van der Waals surface area contributed by atoms with E-state index in [9.17, 15) is 9.59 Å². The molecule has 68 valence electrons. The maximum atomic E-state index is 10.2. The zero-order valence-corrected chi connectivity index (χ0v) is 6.28. The van der Waals surface area contributed by atoms with Gasteiger partial charge in [-0.1, -0.05) is 0 Å². The molecule has 0 aliphatic carbocycles. The van der Waals surface area contributed by atoms with Crippen LogP contribution >= 0.6 is 0 Å². The maximum Gasteiger partial charge on any atom is 0.325 e. The van der Waals surface area contributed by atoms with E-state index in [1.807, 2.05) is 4.98 Å². The van der Waals surface area contributed by atoms with Gasteiger partial charge in [0.25, 0.3) is 5.56 Å². The summed E-state index contributed by atoms with van der Waals surface area (Å²) in [5.74, 6) is 0. The van der Waals surface area contributed by atoms with E-state index in [4.69, 9.17) is 10.2 Å². The van der Waals surface area contributed by atoms with E-state index < -0.39 is 5.69 Å². The number of H-pyrrole nitrogens is 2. The van der Waals surface area contributed by atoms with Crippen LogP contribution in [0.4, 0.5) is 0 Å². The van der Waals surface area contributed by atoms with Gasteiger partial charge in [0.15, 0.2) is 0 Å². The van der Waals surface area contributed by atoms with Gasteiger partial charge >= 0.3 is 5.69 Å². The standard InChI is InChI=1S/C4H4N2O2.C2H6O2/c7-3-1-2-5-4(8)6-3;3-1-2-4/h1-2H,(H2,5,6,7,8);3-4H,1-2H2. The monoisotopic (exact) mass is 174 g/mol. The van der Waals surface area contributed by atoms with Crippen molar-refractivity contribution in [3.8, 4) is 0 Å². The van der Waals surface area contributed by atoms with Crippen LogP contribution in [-0.4, -0.2) is 33.4 Å². The summed E-state index contributed by atoms with van der Waals surface area (Å²) < 4.78 is 0. The highest BCUT2D eigenvalue weighted by molar-refractivity contribution is 4.77. The van der Waals surface area contributed by atoms with Gasteiger partial charge in [-0.05, 0) is 0 Å². The molecule has 1 aromatic rings. The third kappa shape index (κ3) is 5.39. The second kappa shape index (κ2) is 6.32. The van der Waals surface area contributed by atoms with Crippen LogP contribution in [0.5, 0.6) is 0 Å². The van der Waals surface area contributed by atoms with Crippen LogP contribution in [0.3, 0.4) is 0 Å². The average molecular weight is 174 g/mol. The number of aromatic amines is 2. The van der Waals surface area contributed by atoms with Crippen LogP contribution in [0.1, 0.15) is 0 Å². The Morgan fingerprint density at radius 3 is 2.08 bits per heavy atom. The van der Waals surface area contributed by atoms with Crippen LogP contribution < -0.4 is 11.2 Å². The van der Waals surface area contributed by atoms with Gasteiger partial charge < -0.3 is 15.2 Å². The van der Waals surface area contributed by atoms with Gasteiger partial charge in [0.1, 0.15) is 0 Å². The zero-order valence-electron chi connectivity index (χ0n) is 6.28. The molecule has 4 N–H and O–H groups in total. The fourth-order valence-corrected chi connectivity index (χ4v) is 0.383. The predicted octanol–water partition coefficient (Wildman–Crippen LogP) is -1.97. The highest BCUT2D eigenvalue weighted by Gasteiger charge is 1.77. The topological polar surface area (TPSA) is 106 Å². The van der Waals surface area contributed by atoms with Crippen molar-refractivity contribution in [3.63, 3.8) is 0 Å². The van der Waals surface area contributed by atoms with E-state index >= 15 is 0 Å². The molecule has 0 saturated heterocycles. The van der Waals surface area contributed by atoms with Crippen molar-refractivity contribution in [2.45, 2.75) is 0 Å². The lowest BCUT2D eigenvalue weighted by atomic mass is 10.7. The molecule has 0 unspecified atom stereocenters. The average Bonchev–Trinajstić information content (AvgIpc) is 2.04. The minimum Gasteiger partial charge on any atom is -0.394 e. The van der Waals surface area contributed by atoms with Crippen molar-refractivity contribution >= 4 is 0 Å². The number of nitrogens with one attached hydrogen (secondary N) is 2. The summed E-state index contributed by atoms with van der Waals surface area (Å²) in [6, 6.07) is 1.24. The van der Waals surface area contributed by atoms with E-state index in [1.54, 1.807) is 0 Å². The van der Waals surface area contributed by atoms with Crippen LogP contribution in [0, 0.1) is 0 Å². The number of aliphatic hydroxyl groups excluding tert-OH is 2. The van der Waals surface area contributed by atoms with Crippen molar-refractivity contribution in [2.75, 3.05) is 13.2 Å². The molecule has 1 aromatic heterocycles. The largest absolute Gasteiger partial charge is 0.394 e. The molecule has 0 bridgehead atoms. The molecule has 1 rings (SSSR count). The van der Waals surface area contributed by atoms with Gasteiger partial charge in [-0.15, -0.1) is 0 Å². The smallest absolute Gasteiger partial charge is 0.325 e. The van der Waals surface area contributed by atoms with Crippen LogP contribution in [0.25, 0.3) is 0 Å². The Morgan fingerprint density at radius 2 is 1.83 bits per heavy atom. The number of hydrogen-bond acceptors (Lipinski definition) is 4. The molecular formula is C6H10N2O4. The van der Waals surface area contributed by atoms with Gasteiger partial charge in [0.05, 0.1) is 13.2 Å². The Hall–Kier alpha value is -1.40. The molecule has 0 radical (unpaired) electrons. The molecule has 0 aliphatic heterocycles. The summed E-state index contributed by atoms with van der Waals surface area (Å²) in [5.41, 5.74) is -0.855. The summed E-state index contributed by atoms with van der Waals surface area (Å²) in [5, 5.41) is 15.2. The van der Waals surface area contributed by atoms with Crippen molar-refractivity contribution in [2.24, 2.45) is 0 Å². The van der Waals surface area contributed by atoms with E-state index in [0.717, 1.165) is 0 Å². The second-order valence-corrected chi connectivity index (χ2v) is 1.74. The summed E-state index contributed by atoms with van der Waals surface area (Å²) in [6.07, 6.45) is 1.29. The van der Waals surface area contributed by atoms with E-state index in [-0.39, 0.29) is 18.8 Å². The third-order valence-electron chi connectivity index (χ3n) is 0.786. The SMILES string of the molecule is O=c1cc[nH]c(=O)[nH]1.OCCO. The van der Waals surface area contributed by atoms with Gasteiger partial charge in [0.2, 0.25) is 0 Å². The molecule has 12 heavy (non-hydrogen) atoms. The van der Waals surface area contributed by atoms with Crippen molar-refractivity contribution in [1.82, 2.24) is 9.97 Å². The van der Waals surface area contributed by atoms with E-state index in [0.29, 0.717) is 0 Å². The van der Waals surface area contributed by atoms with Crippen LogP contribution in [0.2, 0.25) is 0 Å². The molecule has 0 saturated carbocycles. The number of aromatic nitrogens is 2. The molecule has 0 aromatic carbocycles. The summed E-state index contributed by atoms with van der Waals surface area (Å²) >= 11 is 0. The highest BCUT2D eigenvalue weighted by Crippen LogP contribution is 1.51. The Bertz CT molecular complexity index is 275. The molecule has 0 atom stereocenters. The first-order valence-corrected chi connectivity index (χ1v) is 3.20. The van der Waals surface area contributed by atoms with Gasteiger partial charge in [-0.3, -0.25) is 9.78 Å². The maximum absolute atomic E-state index is 10.2. The van der Waals surface area contributed by atoms with Crippen LogP contribution in [0.15, 0.2) is 21.9 Å².